The lowest BCUT2D eigenvalue weighted by atomic mass is 10.1. The maximum absolute atomic E-state index is 11.9. The third-order valence-corrected chi connectivity index (χ3v) is 4.91. The van der Waals surface area contributed by atoms with E-state index in [9.17, 15) is 13.2 Å². The maximum atomic E-state index is 11.9. The van der Waals surface area contributed by atoms with E-state index in [0.717, 1.165) is 17.6 Å². The van der Waals surface area contributed by atoms with Gasteiger partial charge in [-0.3, -0.25) is 4.79 Å². The number of sulfone groups is 1. The Balaban J connectivity index is 2.67. The smallest absolute Gasteiger partial charge is 0.237 e. The van der Waals surface area contributed by atoms with E-state index in [1.807, 2.05) is 13.2 Å². The van der Waals surface area contributed by atoms with Crippen molar-refractivity contribution in [2.75, 3.05) is 18.3 Å². The summed E-state index contributed by atoms with van der Waals surface area (Å²) in [6, 6.07) is 5.76. The van der Waals surface area contributed by atoms with Gasteiger partial charge in [-0.05, 0) is 43.0 Å². The normalized spacial score (nSPS) is 14.5. The average molecular weight is 330 g/mol. The molecule has 2 atom stereocenters. The Kier molecular flexibility index (Phi) is 6.70. The first-order chi connectivity index (χ1) is 9.75. The van der Waals surface area contributed by atoms with Crippen LogP contribution in [0.5, 0.6) is 0 Å². The van der Waals surface area contributed by atoms with Crippen LogP contribution in [0.4, 0.5) is 0 Å². The van der Waals surface area contributed by atoms with Crippen molar-refractivity contribution in [3.63, 3.8) is 0 Å². The summed E-state index contributed by atoms with van der Waals surface area (Å²) < 4.78 is 22.8. The van der Waals surface area contributed by atoms with Gasteiger partial charge in [0.1, 0.15) is 0 Å². The number of nitrogens with two attached hydrogens (primary N) is 1. The van der Waals surface area contributed by atoms with Crippen LogP contribution in [0.15, 0.2) is 29.2 Å². The van der Waals surface area contributed by atoms with E-state index in [1.165, 1.54) is 0 Å². The molecule has 118 valence electrons. The zero-order chi connectivity index (χ0) is 16.0. The molecule has 0 fully saturated rings. The van der Waals surface area contributed by atoms with E-state index < -0.39 is 15.9 Å². The number of benzene rings is 1. The molecule has 0 aliphatic rings. The lowest BCUT2D eigenvalue weighted by Gasteiger charge is -2.18. The van der Waals surface area contributed by atoms with Crippen molar-refractivity contribution in [3.8, 4) is 0 Å². The van der Waals surface area contributed by atoms with Crippen LogP contribution in [-0.4, -0.2) is 38.6 Å². The van der Waals surface area contributed by atoms with Gasteiger partial charge in [0.25, 0.3) is 0 Å². The molecular formula is C14H22N2O3S2. The Hall–Kier alpha value is -1.05. The van der Waals surface area contributed by atoms with Crippen LogP contribution < -0.4 is 11.1 Å². The van der Waals surface area contributed by atoms with Crippen molar-refractivity contribution in [3.05, 3.63) is 29.8 Å². The number of amides is 1. The molecule has 1 amide bonds. The van der Waals surface area contributed by atoms with Crippen LogP contribution in [0, 0.1) is 0 Å². The zero-order valence-corrected chi connectivity index (χ0v) is 14.1. The summed E-state index contributed by atoms with van der Waals surface area (Å²) in [6.07, 6.45) is 3.77. The first-order valence-corrected chi connectivity index (χ1v) is 9.89. The van der Waals surface area contributed by atoms with Gasteiger partial charge in [0, 0.05) is 6.26 Å². The second-order valence-corrected chi connectivity index (χ2v) is 7.96. The Morgan fingerprint density at radius 3 is 2.38 bits per heavy atom. The molecule has 0 heterocycles. The third kappa shape index (κ3) is 5.68. The Labute approximate surface area is 130 Å². The number of rotatable bonds is 7. The number of hydrogen-bond donors (Lipinski definition) is 2. The quantitative estimate of drug-likeness (QED) is 0.788. The fourth-order valence-electron chi connectivity index (χ4n) is 1.78. The summed E-state index contributed by atoms with van der Waals surface area (Å²) in [4.78, 5) is 12.2. The molecule has 7 heteroatoms. The van der Waals surface area contributed by atoms with Crippen LogP contribution >= 0.6 is 11.8 Å². The van der Waals surface area contributed by atoms with Crippen molar-refractivity contribution in [1.82, 2.24) is 5.32 Å². The van der Waals surface area contributed by atoms with Crippen LogP contribution in [0.3, 0.4) is 0 Å². The Morgan fingerprint density at radius 2 is 1.90 bits per heavy atom. The van der Waals surface area contributed by atoms with Gasteiger partial charge in [-0.2, -0.15) is 11.8 Å². The molecule has 21 heavy (non-hydrogen) atoms. The second kappa shape index (κ2) is 7.82. The summed E-state index contributed by atoms with van der Waals surface area (Å²) in [5, 5.41) is 2.84. The molecule has 1 aromatic carbocycles. The summed E-state index contributed by atoms with van der Waals surface area (Å²) in [5.41, 5.74) is 6.65. The van der Waals surface area contributed by atoms with Crippen molar-refractivity contribution in [2.45, 2.75) is 30.3 Å². The number of carbonyl (C=O) groups is 1. The molecular weight excluding hydrogens is 308 g/mol. The van der Waals surface area contributed by atoms with E-state index in [2.05, 4.69) is 5.32 Å². The highest BCUT2D eigenvalue weighted by Crippen LogP contribution is 2.16. The molecule has 0 radical (unpaired) electrons. The minimum absolute atomic E-state index is 0.191. The van der Waals surface area contributed by atoms with E-state index in [-0.39, 0.29) is 16.8 Å². The van der Waals surface area contributed by atoms with E-state index in [0.29, 0.717) is 6.42 Å². The molecule has 0 bridgehead atoms. The molecule has 0 saturated heterocycles. The molecule has 3 N–H and O–H groups in total. The fourth-order valence-corrected chi connectivity index (χ4v) is 2.90. The minimum Gasteiger partial charge on any atom is -0.348 e. The Bertz CT molecular complexity index is 570. The second-order valence-electron chi connectivity index (χ2n) is 4.96. The standard InChI is InChI=1S/C14H22N2O3S2/c1-10(16-14(17)13(15)8-9-20-2)11-4-6-12(7-5-11)21(3,18)19/h4-7,10,13H,8-9,15H2,1-3H3,(H,16,17)/t10?,13-/m0/s1. The van der Waals surface area contributed by atoms with Crippen LogP contribution in [0.25, 0.3) is 0 Å². The van der Waals surface area contributed by atoms with Gasteiger partial charge >= 0.3 is 0 Å². The van der Waals surface area contributed by atoms with Gasteiger partial charge in [-0.1, -0.05) is 12.1 Å². The first-order valence-electron chi connectivity index (χ1n) is 6.60. The minimum atomic E-state index is -3.20. The highest BCUT2D eigenvalue weighted by atomic mass is 32.2. The van der Waals surface area contributed by atoms with Crippen molar-refractivity contribution in [2.24, 2.45) is 5.73 Å². The summed E-state index contributed by atoms with van der Waals surface area (Å²) in [6.45, 7) is 1.84. The van der Waals surface area contributed by atoms with E-state index in [4.69, 9.17) is 5.73 Å². The largest absolute Gasteiger partial charge is 0.348 e. The molecule has 1 unspecified atom stereocenters. The lowest BCUT2D eigenvalue weighted by molar-refractivity contribution is -0.123. The topological polar surface area (TPSA) is 89.3 Å². The summed E-state index contributed by atoms with van der Waals surface area (Å²) >= 11 is 1.65. The summed E-state index contributed by atoms with van der Waals surface area (Å²) in [7, 11) is -3.20. The Morgan fingerprint density at radius 1 is 1.33 bits per heavy atom. The van der Waals surface area contributed by atoms with Gasteiger partial charge < -0.3 is 11.1 Å². The summed E-state index contributed by atoms with van der Waals surface area (Å²) in [5.74, 6) is 0.648. The van der Waals surface area contributed by atoms with Gasteiger partial charge in [0.15, 0.2) is 9.84 Å². The van der Waals surface area contributed by atoms with Crippen LogP contribution in [0.2, 0.25) is 0 Å². The van der Waals surface area contributed by atoms with Gasteiger partial charge in [0.05, 0.1) is 17.0 Å². The van der Waals surface area contributed by atoms with E-state index in [1.54, 1.807) is 36.0 Å². The highest BCUT2D eigenvalue weighted by Gasteiger charge is 2.16. The van der Waals surface area contributed by atoms with Gasteiger partial charge in [-0.25, -0.2) is 8.42 Å². The predicted molar refractivity (Wildman–Crippen MR) is 87.1 cm³/mol. The van der Waals surface area contributed by atoms with E-state index >= 15 is 0 Å². The molecule has 1 rings (SSSR count). The first kappa shape index (κ1) is 18.0. The predicted octanol–water partition coefficient (Wildman–Crippen LogP) is 1.35. The number of thioether (sulfide) groups is 1. The number of carbonyl (C=O) groups excluding carboxylic acids is 1. The highest BCUT2D eigenvalue weighted by molar-refractivity contribution is 7.98. The number of hydrogen-bond acceptors (Lipinski definition) is 5. The molecule has 0 aromatic heterocycles. The third-order valence-electron chi connectivity index (χ3n) is 3.14. The SMILES string of the molecule is CSCC[C@H](N)C(=O)NC(C)c1ccc(S(C)(=O)=O)cc1. The monoisotopic (exact) mass is 330 g/mol. The molecule has 5 nitrogen and oxygen atoms in total. The maximum Gasteiger partial charge on any atom is 0.237 e. The van der Waals surface area contributed by atoms with Crippen molar-refractivity contribution >= 4 is 27.5 Å². The molecule has 0 aliphatic carbocycles. The fraction of sp³-hybridized carbons (Fsp3) is 0.500. The van der Waals surface area contributed by atoms with Gasteiger partial charge in [-0.15, -0.1) is 0 Å². The molecule has 0 saturated carbocycles. The zero-order valence-electron chi connectivity index (χ0n) is 12.5. The lowest BCUT2D eigenvalue weighted by Crippen LogP contribution is -2.41. The van der Waals surface area contributed by atoms with Crippen molar-refractivity contribution in [1.29, 1.82) is 0 Å². The molecule has 0 spiro atoms. The van der Waals surface area contributed by atoms with Crippen LogP contribution in [-0.2, 0) is 14.6 Å². The number of nitrogens with one attached hydrogen (secondary N) is 1. The molecule has 0 aliphatic heterocycles. The molecule has 1 aromatic rings. The van der Waals surface area contributed by atoms with Crippen molar-refractivity contribution < 1.29 is 13.2 Å². The average Bonchev–Trinajstić information content (AvgIpc) is 2.43. The van der Waals surface area contributed by atoms with Crippen LogP contribution in [0.1, 0.15) is 24.9 Å². The van der Waals surface area contributed by atoms with Gasteiger partial charge in [0.2, 0.25) is 5.91 Å².